The highest BCUT2D eigenvalue weighted by atomic mass is 32.1. The first-order valence-corrected chi connectivity index (χ1v) is 11.2. The van der Waals surface area contributed by atoms with Crippen molar-refractivity contribution in [2.24, 2.45) is 0 Å². The molecule has 12 nitrogen and oxygen atoms in total. The summed E-state index contributed by atoms with van der Waals surface area (Å²) in [5.74, 6) is -0.0416. The van der Waals surface area contributed by atoms with Crippen LogP contribution in [-0.4, -0.2) is 59.1 Å². The maximum Gasteiger partial charge on any atom is 0.296 e. The highest BCUT2D eigenvalue weighted by Crippen LogP contribution is 2.33. The van der Waals surface area contributed by atoms with Crippen LogP contribution in [0.25, 0.3) is 11.3 Å². The largest absolute Gasteiger partial charge is 0.496 e. The molecule has 13 heteroatoms. The molecule has 1 N–H and O–H groups in total. The molecule has 0 saturated carbocycles. The van der Waals surface area contributed by atoms with E-state index in [1.165, 1.54) is 37.4 Å². The first-order chi connectivity index (χ1) is 17.3. The van der Waals surface area contributed by atoms with E-state index in [1.54, 1.807) is 29.2 Å². The van der Waals surface area contributed by atoms with Crippen molar-refractivity contribution in [1.82, 2.24) is 10.2 Å². The Labute approximate surface area is 210 Å². The van der Waals surface area contributed by atoms with Gasteiger partial charge < -0.3 is 19.0 Å². The minimum atomic E-state index is -0.585. The second kappa shape index (κ2) is 10.4. The van der Waals surface area contributed by atoms with Crippen LogP contribution in [0.5, 0.6) is 5.75 Å². The number of nitrogens with one attached hydrogen (secondary N) is 1. The number of methoxy groups -OCH3 is 1. The number of anilines is 1. The number of furan rings is 1. The Balaban J connectivity index is 1.38. The van der Waals surface area contributed by atoms with Crippen molar-refractivity contribution < 1.29 is 23.8 Å². The number of nitro groups is 2. The third-order valence-electron chi connectivity index (χ3n) is 5.70. The summed E-state index contributed by atoms with van der Waals surface area (Å²) in [6, 6.07) is 13.7. The zero-order valence-corrected chi connectivity index (χ0v) is 19.9. The highest BCUT2D eigenvalue weighted by Gasteiger charge is 2.26. The van der Waals surface area contributed by atoms with Crippen molar-refractivity contribution >= 4 is 40.3 Å². The average molecular weight is 512 g/mol. The van der Waals surface area contributed by atoms with Crippen LogP contribution in [0.1, 0.15) is 10.6 Å². The second-order valence-corrected chi connectivity index (χ2v) is 8.17. The van der Waals surface area contributed by atoms with E-state index in [4.69, 9.17) is 21.4 Å². The summed E-state index contributed by atoms with van der Waals surface area (Å²) in [5, 5.41) is 25.6. The fraction of sp³-hybridized carbons (Fsp3) is 0.217. The van der Waals surface area contributed by atoms with Crippen molar-refractivity contribution in [3.8, 4) is 17.1 Å². The Morgan fingerprint density at radius 1 is 1.00 bits per heavy atom. The van der Waals surface area contributed by atoms with Crippen LogP contribution in [0.4, 0.5) is 17.1 Å². The minimum Gasteiger partial charge on any atom is -0.496 e. The zero-order valence-electron chi connectivity index (χ0n) is 19.1. The molecule has 1 fully saturated rings. The molecule has 1 saturated heterocycles. The van der Waals surface area contributed by atoms with Crippen molar-refractivity contribution in [3.63, 3.8) is 0 Å². The number of ether oxygens (including phenoxy) is 1. The first-order valence-electron chi connectivity index (χ1n) is 10.8. The lowest BCUT2D eigenvalue weighted by Crippen LogP contribution is -2.52. The van der Waals surface area contributed by atoms with Crippen molar-refractivity contribution in [2.45, 2.75) is 0 Å². The molecule has 1 aliphatic heterocycles. The predicted molar refractivity (Wildman–Crippen MR) is 134 cm³/mol. The van der Waals surface area contributed by atoms with E-state index < -0.39 is 15.8 Å². The van der Waals surface area contributed by atoms with Crippen LogP contribution in [0.2, 0.25) is 0 Å². The Morgan fingerprint density at radius 3 is 2.36 bits per heavy atom. The van der Waals surface area contributed by atoms with Gasteiger partial charge in [0, 0.05) is 32.2 Å². The molecule has 2 aromatic carbocycles. The number of amides is 1. The van der Waals surface area contributed by atoms with Gasteiger partial charge in [-0.25, -0.2) is 0 Å². The minimum absolute atomic E-state index is 0.0435. The molecule has 1 aliphatic rings. The van der Waals surface area contributed by atoms with Gasteiger partial charge in [-0.2, -0.15) is 0 Å². The molecule has 4 rings (SSSR count). The number of para-hydroxylation sites is 1. The molecule has 0 atom stereocenters. The first kappa shape index (κ1) is 24.6. The van der Waals surface area contributed by atoms with Gasteiger partial charge in [0.1, 0.15) is 17.2 Å². The molecule has 0 spiro atoms. The van der Waals surface area contributed by atoms with Crippen LogP contribution < -0.4 is 15.0 Å². The fourth-order valence-electron chi connectivity index (χ4n) is 3.88. The van der Waals surface area contributed by atoms with E-state index in [2.05, 4.69) is 5.32 Å². The summed E-state index contributed by atoms with van der Waals surface area (Å²) in [4.78, 5) is 38.1. The molecule has 36 heavy (non-hydrogen) atoms. The number of rotatable bonds is 6. The topological polar surface area (TPSA) is 144 Å². The van der Waals surface area contributed by atoms with Crippen LogP contribution >= 0.6 is 12.2 Å². The van der Waals surface area contributed by atoms with Gasteiger partial charge in [0.15, 0.2) is 10.9 Å². The van der Waals surface area contributed by atoms with Gasteiger partial charge in [-0.1, -0.05) is 12.1 Å². The molecule has 1 amide bonds. The molecule has 0 aliphatic carbocycles. The second-order valence-electron chi connectivity index (χ2n) is 7.78. The van der Waals surface area contributed by atoms with Crippen molar-refractivity contribution in [1.29, 1.82) is 0 Å². The number of benzene rings is 2. The van der Waals surface area contributed by atoms with Crippen LogP contribution in [-0.2, 0) is 0 Å². The van der Waals surface area contributed by atoms with E-state index in [0.717, 1.165) is 0 Å². The summed E-state index contributed by atoms with van der Waals surface area (Å²) in [5.41, 5.74) is 0.552. The molecule has 0 unspecified atom stereocenters. The third kappa shape index (κ3) is 5.10. The van der Waals surface area contributed by atoms with Crippen molar-refractivity contribution in [2.75, 3.05) is 38.2 Å². The van der Waals surface area contributed by atoms with Gasteiger partial charge in [0.05, 0.1) is 28.6 Å². The number of carbonyl (C=O) groups excluding carboxylic acids is 1. The molecule has 2 heterocycles. The van der Waals surface area contributed by atoms with Crippen LogP contribution in [0, 0.1) is 20.2 Å². The van der Waals surface area contributed by atoms with Gasteiger partial charge in [-0.05, 0) is 42.5 Å². The van der Waals surface area contributed by atoms with Gasteiger partial charge in [-0.15, -0.1) is 0 Å². The zero-order chi connectivity index (χ0) is 25.8. The lowest BCUT2D eigenvalue weighted by atomic mass is 10.1. The summed E-state index contributed by atoms with van der Waals surface area (Å²) >= 11 is 5.38. The van der Waals surface area contributed by atoms with Crippen LogP contribution in [0.3, 0.4) is 0 Å². The highest BCUT2D eigenvalue weighted by molar-refractivity contribution is 7.80. The predicted octanol–water partition coefficient (Wildman–Crippen LogP) is 3.61. The molecule has 0 bridgehead atoms. The Hall–Kier alpha value is -4.52. The molecule has 1 aromatic heterocycles. The molecular weight excluding hydrogens is 490 g/mol. The maximum absolute atomic E-state index is 12.7. The number of carbonyl (C=O) groups is 1. The summed E-state index contributed by atoms with van der Waals surface area (Å²) in [6.45, 7) is 1.77. The summed E-state index contributed by atoms with van der Waals surface area (Å²) in [6.07, 6.45) is 0. The van der Waals surface area contributed by atoms with E-state index in [-0.39, 0.29) is 33.6 Å². The van der Waals surface area contributed by atoms with Gasteiger partial charge in [-0.3, -0.25) is 30.3 Å². The number of thiocarbonyl (C=S) groups is 1. The fourth-order valence-corrected chi connectivity index (χ4v) is 4.15. The van der Waals surface area contributed by atoms with Gasteiger partial charge in [0.25, 0.3) is 17.3 Å². The van der Waals surface area contributed by atoms with E-state index >= 15 is 0 Å². The normalized spacial score (nSPS) is 13.2. The number of nitro benzene ring substituents is 2. The van der Waals surface area contributed by atoms with E-state index in [1.807, 2.05) is 4.90 Å². The molecule has 3 aromatic rings. The maximum atomic E-state index is 12.7. The lowest BCUT2D eigenvalue weighted by Gasteiger charge is -2.36. The number of piperazine rings is 1. The summed E-state index contributed by atoms with van der Waals surface area (Å²) in [7, 11) is 1.45. The average Bonchev–Trinajstić information content (AvgIpc) is 3.39. The lowest BCUT2D eigenvalue weighted by molar-refractivity contribution is -0.384. The summed E-state index contributed by atoms with van der Waals surface area (Å²) < 4.78 is 10.6. The molecular formula is C23H21N5O7S. The number of hydrogen-bond donors (Lipinski definition) is 1. The van der Waals surface area contributed by atoms with E-state index in [9.17, 15) is 25.0 Å². The van der Waals surface area contributed by atoms with Gasteiger partial charge in [0.2, 0.25) is 0 Å². The number of nitrogens with zero attached hydrogens (tertiary/aromatic N) is 4. The quantitative estimate of drug-likeness (QED) is 0.296. The Bertz CT molecular complexity index is 1330. The third-order valence-corrected chi connectivity index (χ3v) is 6.06. The molecule has 186 valence electrons. The standard InChI is InChI=1S/C23H21N5O7S/c1-34-15-6-7-18(19(14-15)28(32)33)25-10-12-26(13-11-25)23(36)24-22(29)21-9-8-20(35-21)16-4-2-3-5-17(16)27(30)31/h2-9,14H,10-13H2,1H3,(H,24,29,36). The monoisotopic (exact) mass is 511 g/mol. The Morgan fingerprint density at radius 2 is 1.69 bits per heavy atom. The van der Waals surface area contributed by atoms with Crippen molar-refractivity contribution in [3.05, 3.63) is 80.6 Å². The number of hydrogen-bond acceptors (Lipinski definition) is 9. The smallest absolute Gasteiger partial charge is 0.296 e. The molecule has 0 radical (unpaired) electrons. The van der Waals surface area contributed by atoms with Gasteiger partial charge >= 0.3 is 0 Å². The SMILES string of the molecule is COc1ccc(N2CCN(C(=S)NC(=O)c3ccc(-c4ccccc4[N+](=O)[O-])o3)CC2)c([N+](=O)[O-])c1. The Kier molecular flexibility index (Phi) is 7.10. The van der Waals surface area contributed by atoms with E-state index in [0.29, 0.717) is 37.6 Å². The van der Waals surface area contributed by atoms with Crippen LogP contribution in [0.15, 0.2) is 59.0 Å².